The van der Waals surface area contributed by atoms with Gasteiger partial charge in [-0.25, -0.2) is 18.4 Å². The van der Waals surface area contributed by atoms with Crippen LogP contribution >= 0.6 is 11.3 Å². The number of thiazole rings is 1. The maximum atomic E-state index is 14.2. The van der Waals surface area contributed by atoms with E-state index in [0.717, 1.165) is 68.1 Å². The monoisotopic (exact) mass is 458 g/mol. The minimum Gasteiger partial charge on any atom is -0.389 e. The fraction of sp³-hybridized carbons (Fsp3) is 0.409. The fourth-order valence-electron chi connectivity index (χ4n) is 4.11. The van der Waals surface area contributed by atoms with E-state index in [1.165, 1.54) is 18.9 Å². The van der Waals surface area contributed by atoms with Crippen LogP contribution in [-0.2, 0) is 0 Å². The van der Waals surface area contributed by atoms with E-state index in [1.54, 1.807) is 6.20 Å². The van der Waals surface area contributed by atoms with Gasteiger partial charge in [0.25, 0.3) is 5.91 Å². The van der Waals surface area contributed by atoms with Crippen LogP contribution in [0.2, 0.25) is 0 Å². The summed E-state index contributed by atoms with van der Waals surface area (Å²) in [6, 6.07) is 3.94. The second kappa shape index (κ2) is 8.50. The molecule has 1 aliphatic heterocycles. The lowest BCUT2D eigenvalue weighted by Gasteiger charge is -2.25. The highest BCUT2D eigenvalue weighted by atomic mass is 32.1. The molecule has 2 aromatic heterocycles. The minimum absolute atomic E-state index is 0.0321. The van der Waals surface area contributed by atoms with Crippen molar-refractivity contribution in [2.75, 3.05) is 29.0 Å². The van der Waals surface area contributed by atoms with Crippen LogP contribution in [0, 0.1) is 11.6 Å². The number of amides is 1. The Morgan fingerprint density at radius 3 is 2.47 bits per heavy atom. The van der Waals surface area contributed by atoms with Gasteiger partial charge in [-0.3, -0.25) is 4.79 Å². The Labute approximate surface area is 188 Å². The third-order valence-corrected chi connectivity index (χ3v) is 6.76. The van der Waals surface area contributed by atoms with Crippen molar-refractivity contribution in [1.82, 2.24) is 14.8 Å². The van der Waals surface area contributed by atoms with Crippen LogP contribution in [0.5, 0.6) is 0 Å². The molecule has 1 amide bonds. The molecule has 2 fully saturated rings. The first kappa shape index (κ1) is 20.9. The predicted molar refractivity (Wildman–Crippen MR) is 121 cm³/mol. The lowest BCUT2D eigenvalue weighted by Crippen LogP contribution is -2.28. The first-order valence-electron chi connectivity index (χ1n) is 10.9. The maximum absolute atomic E-state index is 14.2. The highest BCUT2D eigenvalue weighted by Crippen LogP contribution is 2.41. The molecule has 1 saturated heterocycles. The van der Waals surface area contributed by atoms with Crippen LogP contribution in [0.4, 0.5) is 25.3 Å². The lowest BCUT2D eigenvalue weighted by atomic mass is 10.2. The van der Waals surface area contributed by atoms with Crippen LogP contribution in [0.15, 0.2) is 24.4 Å². The normalized spacial score (nSPS) is 16.8. The Morgan fingerprint density at radius 2 is 1.81 bits per heavy atom. The molecule has 0 atom stereocenters. The van der Waals surface area contributed by atoms with E-state index in [0.29, 0.717) is 11.7 Å². The molecule has 3 N–H and O–H groups in total. The summed E-state index contributed by atoms with van der Waals surface area (Å²) in [6.45, 7) is 1.83. The molecule has 1 aromatic carbocycles. The molecule has 10 heteroatoms. The minimum atomic E-state index is -0.750. The van der Waals surface area contributed by atoms with Gasteiger partial charge in [0.15, 0.2) is 11.5 Å². The Bertz CT molecular complexity index is 1130. The second-order valence-electron chi connectivity index (χ2n) is 8.24. The van der Waals surface area contributed by atoms with Crippen molar-refractivity contribution in [3.8, 4) is 10.6 Å². The number of nitrogens with one attached hydrogen (secondary N) is 1. The van der Waals surface area contributed by atoms with E-state index < -0.39 is 17.5 Å². The number of carbonyl (C=O) groups is 1. The van der Waals surface area contributed by atoms with E-state index in [4.69, 9.17) is 5.73 Å². The van der Waals surface area contributed by atoms with Gasteiger partial charge in [0, 0.05) is 13.1 Å². The quantitative estimate of drug-likeness (QED) is 0.571. The van der Waals surface area contributed by atoms with E-state index >= 15 is 0 Å². The third kappa shape index (κ3) is 3.94. The smallest absolute Gasteiger partial charge is 0.277 e. The first-order valence-corrected chi connectivity index (χ1v) is 11.7. The van der Waals surface area contributed by atoms with Crippen LogP contribution in [0.25, 0.3) is 10.6 Å². The average molecular weight is 459 g/mol. The van der Waals surface area contributed by atoms with E-state index in [2.05, 4.69) is 20.3 Å². The number of aromatic nitrogens is 3. The lowest BCUT2D eigenvalue weighted by molar-refractivity contribution is 0.102. The van der Waals surface area contributed by atoms with Gasteiger partial charge in [-0.1, -0.05) is 30.2 Å². The van der Waals surface area contributed by atoms with Gasteiger partial charge in [0.2, 0.25) is 0 Å². The number of nitrogens with zero attached hydrogens (tertiary/aromatic N) is 4. The summed E-state index contributed by atoms with van der Waals surface area (Å²) in [5.74, 6) is -1.11. The van der Waals surface area contributed by atoms with Crippen molar-refractivity contribution in [3.63, 3.8) is 0 Å². The summed E-state index contributed by atoms with van der Waals surface area (Å²) >= 11 is 0.884. The van der Waals surface area contributed by atoms with E-state index in [9.17, 15) is 13.6 Å². The predicted octanol–water partition coefficient (Wildman–Crippen LogP) is 4.83. The summed E-state index contributed by atoms with van der Waals surface area (Å²) in [5.41, 5.74) is 6.29. The highest BCUT2D eigenvalue weighted by molar-refractivity contribution is 7.19. The van der Waals surface area contributed by atoms with Crippen LogP contribution in [-0.4, -0.2) is 33.8 Å². The summed E-state index contributed by atoms with van der Waals surface area (Å²) in [7, 11) is 0. The number of benzene rings is 1. The molecule has 0 bridgehead atoms. The Hall–Kier alpha value is -3.01. The number of nitrogens with two attached hydrogens (primary N) is 1. The Kier molecular flexibility index (Phi) is 5.54. The molecule has 32 heavy (non-hydrogen) atoms. The summed E-state index contributed by atoms with van der Waals surface area (Å²) in [4.78, 5) is 19.5. The number of halogens is 2. The van der Waals surface area contributed by atoms with Crippen molar-refractivity contribution >= 4 is 33.8 Å². The molecule has 0 radical (unpaired) electrons. The number of hydrogen-bond donors (Lipinski definition) is 2. The maximum Gasteiger partial charge on any atom is 0.277 e. The van der Waals surface area contributed by atoms with Crippen molar-refractivity contribution in [2.24, 2.45) is 0 Å². The van der Waals surface area contributed by atoms with Gasteiger partial charge < -0.3 is 16.0 Å². The molecule has 2 aliphatic rings. The summed E-state index contributed by atoms with van der Waals surface area (Å²) in [6.07, 6.45) is 8.40. The fourth-order valence-corrected chi connectivity index (χ4v) is 4.99. The molecule has 0 spiro atoms. The molecule has 7 nitrogen and oxygen atoms in total. The highest BCUT2D eigenvalue weighted by Gasteiger charge is 2.31. The van der Waals surface area contributed by atoms with E-state index in [-0.39, 0.29) is 21.3 Å². The van der Waals surface area contributed by atoms with Gasteiger partial charge in [0.05, 0.1) is 17.8 Å². The number of nitrogen functional groups attached to an aromatic ring is 1. The van der Waals surface area contributed by atoms with Crippen LogP contribution < -0.4 is 16.0 Å². The molecule has 3 heterocycles. The topological polar surface area (TPSA) is 89.1 Å². The van der Waals surface area contributed by atoms with Crippen LogP contribution in [0.3, 0.4) is 0 Å². The Balaban J connectivity index is 1.44. The molecule has 0 unspecified atom stereocenters. The molecular formula is C22H24F2N6OS. The number of carbonyl (C=O) groups excluding carboxylic acids is 1. The largest absolute Gasteiger partial charge is 0.389 e. The van der Waals surface area contributed by atoms with Gasteiger partial charge in [-0.05, 0) is 37.8 Å². The number of rotatable bonds is 5. The number of anilines is 3. The standard InChI is InChI=1S/C22H24F2N6OS/c23-14-6-5-7-15(24)17(14)21-28-18(19(25)32-21)20(31)27-16-12-26-30(13-8-9-13)22(16)29-10-3-1-2-4-11-29/h5-7,12-13H,1-4,8-11,25H2,(H,27,31). The van der Waals surface area contributed by atoms with Crippen molar-refractivity contribution in [1.29, 1.82) is 0 Å². The number of hydrogen-bond acceptors (Lipinski definition) is 6. The van der Waals surface area contributed by atoms with E-state index in [1.807, 2.05) is 4.68 Å². The average Bonchev–Trinajstić information content (AvgIpc) is 3.49. The van der Waals surface area contributed by atoms with Gasteiger partial charge in [-0.2, -0.15) is 5.10 Å². The zero-order valence-corrected chi connectivity index (χ0v) is 18.3. The van der Waals surface area contributed by atoms with Crippen LogP contribution in [0.1, 0.15) is 55.1 Å². The summed E-state index contributed by atoms with van der Waals surface area (Å²) in [5, 5.41) is 7.57. The zero-order valence-electron chi connectivity index (χ0n) is 17.5. The molecular weight excluding hydrogens is 434 g/mol. The molecule has 5 rings (SSSR count). The van der Waals surface area contributed by atoms with Crippen molar-refractivity contribution in [2.45, 2.75) is 44.6 Å². The SMILES string of the molecule is Nc1sc(-c2c(F)cccc2F)nc1C(=O)Nc1cnn(C2CC2)c1N1CCCCCC1. The zero-order chi connectivity index (χ0) is 22.2. The third-order valence-electron chi connectivity index (χ3n) is 5.86. The summed E-state index contributed by atoms with van der Waals surface area (Å²) < 4.78 is 30.3. The van der Waals surface area contributed by atoms with Gasteiger partial charge in [0.1, 0.15) is 27.3 Å². The van der Waals surface area contributed by atoms with Gasteiger partial charge >= 0.3 is 0 Å². The molecule has 1 aliphatic carbocycles. The van der Waals surface area contributed by atoms with Crippen molar-refractivity contribution in [3.05, 3.63) is 41.7 Å². The second-order valence-corrected chi connectivity index (χ2v) is 9.27. The van der Waals surface area contributed by atoms with Gasteiger partial charge in [-0.15, -0.1) is 0 Å². The van der Waals surface area contributed by atoms with Crippen molar-refractivity contribution < 1.29 is 13.6 Å². The first-order chi connectivity index (χ1) is 15.5. The molecule has 168 valence electrons. The molecule has 3 aromatic rings. The Morgan fingerprint density at radius 1 is 1.12 bits per heavy atom. The molecule has 1 saturated carbocycles.